The van der Waals surface area contributed by atoms with E-state index in [9.17, 15) is 9.59 Å². The minimum Gasteiger partial charge on any atom is -0.448 e. The fraction of sp³-hybridized carbons (Fsp3) is 0.579. The molecule has 122 valence electrons. The third kappa shape index (κ3) is 1.47. The molecule has 1 aliphatic carbocycles. The second-order valence-corrected chi connectivity index (χ2v) is 8.03. The van der Waals surface area contributed by atoms with Crippen molar-refractivity contribution < 1.29 is 14.3 Å². The fourth-order valence-corrected chi connectivity index (χ4v) is 4.79. The van der Waals surface area contributed by atoms with E-state index in [1.165, 1.54) is 5.56 Å². The number of benzene rings is 1. The molecule has 0 radical (unpaired) electrons. The van der Waals surface area contributed by atoms with Crippen LogP contribution in [0.25, 0.3) is 0 Å². The Morgan fingerprint density at radius 2 is 1.91 bits per heavy atom. The Hall–Kier alpha value is -1.84. The predicted octanol–water partition coefficient (Wildman–Crippen LogP) is 3.09. The topological polar surface area (TPSA) is 46.6 Å². The van der Waals surface area contributed by atoms with E-state index in [-0.39, 0.29) is 17.9 Å². The van der Waals surface area contributed by atoms with Gasteiger partial charge in [-0.05, 0) is 44.7 Å². The van der Waals surface area contributed by atoms with Gasteiger partial charge in [-0.3, -0.25) is 9.59 Å². The SMILES string of the molecule is C[C@@H]1Cc2ccccc2N1C(=O)[C@@]12CC[C@@](C)(C(=O)O1)C2(C)C. The Balaban J connectivity index is 1.80. The molecule has 3 atom stereocenters. The maximum absolute atomic E-state index is 13.6. The molecule has 1 saturated carbocycles. The molecule has 2 aliphatic heterocycles. The third-order valence-electron chi connectivity index (χ3n) is 6.86. The van der Waals surface area contributed by atoms with Crippen LogP contribution in [0.5, 0.6) is 0 Å². The van der Waals surface area contributed by atoms with Gasteiger partial charge in [0.15, 0.2) is 5.60 Å². The summed E-state index contributed by atoms with van der Waals surface area (Å²) in [5, 5.41) is 0. The molecule has 2 bridgehead atoms. The molecule has 2 heterocycles. The number of carbonyl (C=O) groups is 2. The monoisotopic (exact) mass is 313 g/mol. The van der Waals surface area contributed by atoms with Gasteiger partial charge < -0.3 is 9.64 Å². The molecule has 1 aromatic carbocycles. The zero-order chi connectivity index (χ0) is 16.6. The molecule has 3 aliphatic rings. The second-order valence-electron chi connectivity index (χ2n) is 8.03. The summed E-state index contributed by atoms with van der Waals surface area (Å²) in [6.45, 7) is 8.02. The number of esters is 1. The molecule has 0 aromatic heterocycles. The summed E-state index contributed by atoms with van der Waals surface area (Å²) >= 11 is 0. The van der Waals surface area contributed by atoms with Crippen molar-refractivity contribution in [2.75, 3.05) is 4.90 Å². The normalized spacial score (nSPS) is 37.0. The van der Waals surface area contributed by atoms with E-state index in [4.69, 9.17) is 4.74 Å². The molecule has 0 unspecified atom stereocenters. The summed E-state index contributed by atoms with van der Waals surface area (Å²) in [5.74, 6) is -0.267. The summed E-state index contributed by atoms with van der Waals surface area (Å²) in [6.07, 6.45) is 2.19. The second kappa shape index (κ2) is 4.16. The highest BCUT2D eigenvalue weighted by atomic mass is 16.6. The van der Waals surface area contributed by atoms with Crippen LogP contribution in [-0.2, 0) is 20.7 Å². The molecule has 1 aromatic rings. The molecule has 4 rings (SSSR count). The summed E-state index contributed by atoms with van der Waals surface area (Å²) in [5.41, 5.74) is 0.0700. The highest BCUT2D eigenvalue weighted by Crippen LogP contribution is 2.66. The van der Waals surface area contributed by atoms with Crippen LogP contribution in [0.4, 0.5) is 5.69 Å². The lowest BCUT2D eigenvalue weighted by molar-refractivity contribution is -0.167. The van der Waals surface area contributed by atoms with Crippen LogP contribution in [0.2, 0.25) is 0 Å². The summed E-state index contributed by atoms with van der Waals surface area (Å²) in [4.78, 5) is 27.8. The van der Waals surface area contributed by atoms with E-state index in [1.54, 1.807) is 0 Å². The van der Waals surface area contributed by atoms with Crippen molar-refractivity contribution in [2.45, 2.75) is 58.6 Å². The van der Waals surface area contributed by atoms with Gasteiger partial charge in [0.1, 0.15) is 0 Å². The lowest BCUT2D eigenvalue weighted by Crippen LogP contribution is -2.56. The highest BCUT2D eigenvalue weighted by Gasteiger charge is 2.76. The molecular formula is C19H23NO3. The first kappa shape index (κ1) is 14.7. The summed E-state index contributed by atoms with van der Waals surface area (Å²) in [6, 6.07) is 8.12. The molecule has 4 nitrogen and oxygen atoms in total. The molecule has 2 fully saturated rings. The number of nitrogens with zero attached hydrogens (tertiary/aromatic N) is 1. The minimum absolute atomic E-state index is 0.0467. The van der Waals surface area contributed by atoms with Crippen LogP contribution >= 0.6 is 0 Å². The van der Waals surface area contributed by atoms with E-state index in [1.807, 2.05) is 43.9 Å². The lowest BCUT2D eigenvalue weighted by atomic mass is 9.66. The summed E-state index contributed by atoms with van der Waals surface area (Å²) < 4.78 is 5.77. The quantitative estimate of drug-likeness (QED) is 0.749. The smallest absolute Gasteiger partial charge is 0.313 e. The number of amides is 1. The molecule has 4 heteroatoms. The first-order valence-corrected chi connectivity index (χ1v) is 8.40. The highest BCUT2D eigenvalue weighted by molar-refractivity contribution is 6.06. The maximum Gasteiger partial charge on any atom is 0.313 e. The first-order valence-electron chi connectivity index (χ1n) is 8.40. The van der Waals surface area contributed by atoms with E-state index in [0.29, 0.717) is 12.8 Å². The Morgan fingerprint density at radius 1 is 1.22 bits per heavy atom. The van der Waals surface area contributed by atoms with E-state index in [0.717, 1.165) is 12.1 Å². The van der Waals surface area contributed by atoms with Crippen molar-refractivity contribution >= 4 is 17.6 Å². The van der Waals surface area contributed by atoms with Gasteiger partial charge in [0, 0.05) is 17.1 Å². The molecule has 0 spiro atoms. The number of hydrogen-bond donors (Lipinski definition) is 0. The van der Waals surface area contributed by atoms with E-state index < -0.39 is 16.4 Å². The van der Waals surface area contributed by atoms with Gasteiger partial charge in [-0.15, -0.1) is 0 Å². The maximum atomic E-state index is 13.6. The van der Waals surface area contributed by atoms with Gasteiger partial charge in [-0.1, -0.05) is 32.0 Å². The number of para-hydroxylation sites is 1. The van der Waals surface area contributed by atoms with Gasteiger partial charge in [0.2, 0.25) is 0 Å². The predicted molar refractivity (Wildman–Crippen MR) is 87.0 cm³/mol. The van der Waals surface area contributed by atoms with Crippen molar-refractivity contribution in [3.8, 4) is 0 Å². The third-order valence-corrected chi connectivity index (χ3v) is 6.86. The van der Waals surface area contributed by atoms with Crippen LogP contribution < -0.4 is 4.90 Å². The zero-order valence-electron chi connectivity index (χ0n) is 14.2. The number of anilines is 1. The number of fused-ring (bicyclic) bond motifs is 3. The van der Waals surface area contributed by atoms with Crippen molar-refractivity contribution in [3.63, 3.8) is 0 Å². The molecule has 1 saturated heterocycles. The Morgan fingerprint density at radius 3 is 2.52 bits per heavy atom. The zero-order valence-corrected chi connectivity index (χ0v) is 14.2. The fourth-order valence-electron chi connectivity index (χ4n) is 4.79. The number of ether oxygens (including phenoxy) is 1. The largest absolute Gasteiger partial charge is 0.448 e. The number of rotatable bonds is 1. The average molecular weight is 313 g/mol. The first-order chi connectivity index (χ1) is 10.7. The molecule has 1 amide bonds. The van der Waals surface area contributed by atoms with Crippen LogP contribution in [0.3, 0.4) is 0 Å². The van der Waals surface area contributed by atoms with Crippen LogP contribution in [0.1, 0.15) is 46.1 Å². The van der Waals surface area contributed by atoms with Crippen molar-refractivity contribution in [2.24, 2.45) is 10.8 Å². The molecule has 23 heavy (non-hydrogen) atoms. The van der Waals surface area contributed by atoms with E-state index in [2.05, 4.69) is 13.0 Å². The van der Waals surface area contributed by atoms with Crippen molar-refractivity contribution in [1.82, 2.24) is 0 Å². The molecular weight excluding hydrogens is 290 g/mol. The number of hydrogen-bond acceptors (Lipinski definition) is 3. The Kier molecular flexibility index (Phi) is 2.67. The molecule has 0 N–H and O–H groups in total. The van der Waals surface area contributed by atoms with Crippen LogP contribution in [0.15, 0.2) is 24.3 Å². The van der Waals surface area contributed by atoms with Gasteiger partial charge in [0.25, 0.3) is 5.91 Å². The Labute approximate surface area is 136 Å². The standard InChI is InChI=1S/C19H23NO3/c1-12-11-13-7-5-6-8-14(13)20(12)15(21)19-10-9-18(4,16(22)23-19)17(19,2)3/h5-8,12H,9-11H2,1-4H3/t12-,18+,19-/m1/s1. The van der Waals surface area contributed by atoms with Gasteiger partial charge in [-0.2, -0.15) is 0 Å². The lowest BCUT2D eigenvalue weighted by Gasteiger charge is -2.39. The van der Waals surface area contributed by atoms with E-state index >= 15 is 0 Å². The van der Waals surface area contributed by atoms with Gasteiger partial charge >= 0.3 is 5.97 Å². The minimum atomic E-state index is -1.02. The van der Waals surface area contributed by atoms with Crippen LogP contribution in [-0.4, -0.2) is 23.5 Å². The van der Waals surface area contributed by atoms with Gasteiger partial charge in [0.05, 0.1) is 5.41 Å². The number of carbonyl (C=O) groups excluding carboxylic acids is 2. The van der Waals surface area contributed by atoms with Gasteiger partial charge in [-0.25, -0.2) is 0 Å². The Bertz CT molecular complexity index is 725. The van der Waals surface area contributed by atoms with Crippen LogP contribution in [0, 0.1) is 10.8 Å². The van der Waals surface area contributed by atoms with Crippen molar-refractivity contribution in [3.05, 3.63) is 29.8 Å². The summed E-state index contributed by atoms with van der Waals surface area (Å²) in [7, 11) is 0. The average Bonchev–Trinajstić information content (AvgIpc) is 2.99. The van der Waals surface area contributed by atoms with Crippen molar-refractivity contribution in [1.29, 1.82) is 0 Å².